The normalized spacial score (nSPS) is 13.5. The van der Waals surface area contributed by atoms with E-state index in [1.807, 2.05) is 0 Å². The first kappa shape index (κ1) is 17.9. The minimum atomic E-state index is -6.46. The lowest BCUT2D eigenvalue weighted by molar-refractivity contribution is -0.361. The summed E-state index contributed by atoms with van der Waals surface area (Å²) in [4.78, 5) is 0. The molecule has 0 aromatic heterocycles. The van der Waals surface area contributed by atoms with Crippen molar-refractivity contribution in [3.05, 3.63) is 23.8 Å². The van der Waals surface area contributed by atoms with Crippen LogP contribution in [0, 0.1) is 0 Å². The Balaban J connectivity index is 2.94. The molecule has 1 rings (SSSR count). The van der Waals surface area contributed by atoms with Crippen molar-refractivity contribution >= 4 is 6.21 Å². The summed E-state index contributed by atoms with van der Waals surface area (Å²) in [5, 5.41) is 12.2. The van der Waals surface area contributed by atoms with Crippen molar-refractivity contribution in [2.45, 2.75) is 18.1 Å². The molecule has 0 aliphatic rings. The number of hydrogen-bond donors (Lipinski definition) is 2. The second-order valence-electron chi connectivity index (χ2n) is 3.91. The molecule has 0 bridgehead atoms. The van der Waals surface area contributed by atoms with E-state index in [4.69, 9.17) is 0 Å². The highest BCUT2D eigenvalue weighted by molar-refractivity contribution is 5.84. The summed E-state index contributed by atoms with van der Waals surface area (Å²) >= 11 is 0. The van der Waals surface area contributed by atoms with E-state index >= 15 is 0 Å². The zero-order chi connectivity index (χ0) is 17.2. The third-order valence-corrected chi connectivity index (χ3v) is 2.41. The van der Waals surface area contributed by atoms with Crippen LogP contribution in [0.3, 0.4) is 0 Å². The number of benzene rings is 1. The molecule has 0 amide bonds. The van der Waals surface area contributed by atoms with Crippen LogP contribution >= 0.6 is 0 Å². The van der Waals surface area contributed by atoms with E-state index < -0.39 is 23.9 Å². The number of nitrogens with one attached hydrogen (secondary N) is 1. The molecule has 4 nitrogen and oxygen atoms in total. The third-order valence-electron chi connectivity index (χ3n) is 2.41. The Kier molecular flexibility index (Phi) is 4.78. The third kappa shape index (κ3) is 3.34. The van der Waals surface area contributed by atoms with E-state index in [9.17, 15) is 35.8 Å². The number of hydrogen-bond acceptors (Lipinski definition) is 4. The smallest absolute Gasteiger partial charge is 0.462 e. The summed E-state index contributed by atoms with van der Waals surface area (Å²) in [7, 11) is 1.19. The lowest BCUT2D eigenvalue weighted by Gasteiger charge is -2.27. The van der Waals surface area contributed by atoms with E-state index in [1.54, 1.807) is 0 Å². The number of rotatable bonds is 5. The Bertz CT molecular complexity index is 558. The molecule has 0 aliphatic carbocycles. The molecule has 2 N–H and O–H groups in total. The van der Waals surface area contributed by atoms with Crippen LogP contribution in [0.25, 0.3) is 0 Å². The maximum absolute atomic E-state index is 12.9. The van der Waals surface area contributed by atoms with E-state index in [1.165, 1.54) is 19.2 Å². The number of nitrogens with zero attached hydrogens (tertiary/aromatic N) is 1. The Hall–Kier alpha value is -2.20. The molecule has 0 unspecified atom stereocenters. The summed E-state index contributed by atoms with van der Waals surface area (Å²) in [5.74, 6) is -6.95. The summed E-state index contributed by atoms with van der Waals surface area (Å²) in [6.45, 7) is 0. The topological polar surface area (TPSA) is 53.8 Å². The fourth-order valence-corrected chi connectivity index (χ4v) is 1.24. The van der Waals surface area contributed by atoms with Crippen LogP contribution in [0.2, 0.25) is 0 Å². The Morgan fingerprint density at radius 3 is 2.23 bits per heavy atom. The van der Waals surface area contributed by atoms with Gasteiger partial charge in [-0.15, -0.1) is 0 Å². The number of hydrazone groups is 1. The predicted molar refractivity (Wildman–Crippen MR) is 61.3 cm³/mol. The maximum atomic E-state index is 12.9. The molecule has 0 fully saturated rings. The van der Waals surface area contributed by atoms with Crippen molar-refractivity contribution in [3.8, 4) is 11.5 Å². The molecule has 0 saturated carbocycles. The van der Waals surface area contributed by atoms with Crippen LogP contribution in [0.5, 0.6) is 11.5 Å². The van der Waals surface area contributed by atoms with E-state index in [0.29, 0.717) is 11.6 Å². The molecule has 0 heterocycles. The van der Waals surface area contributed by atoms with Crippen LogP contribution in [0.4, 0.5) is 30.7 Å². The largest absolute Gasteiger partial charge is 0.504 e. The number of phenols is 1. The van der Waals surface area contributed by atoms with Crippen molar-refractivity contribution in [3.63, 3.8) is 0 Å². The van der Waals surface area contributed by atoms with Crippen LogP contribution < -0.4 is 10.2 Å². The zero-order valence-electron chi connectivity index (χ0n) is 10.8. The number of aromatic hydroxyl groups is 1. The van der Waals surface area contributed by atoms with Gasteiger partial charge in [-0.3, -0.25) is 0 Å². The van der Waals surface area contributed by atoms with Gasteiger partial charge in [0, 0.05) is 5.56 Å². The fraction of sp³-hybridized carbons (Fsp3) is 0.364. The van der Waals surface area contributed by atoms with Gasteiger partial charge in [0.1, 0.15) is 0 Å². The Morgan fingerprint density at radius 2 is 1.73 bits per heavy atom. The maximum Gasteiger partial charge on any atom is 0.462 e. The molecule has 0 aliphatic heterocycles. The predicted octanol–water partition coefficient (Wildman–Crippen LogP) is 3.11. The number of alkyl halides is 7. The van der Waals surface area contributed by atoms with Gasteiger partial charge in [-0.2, -0.15) is 35.8 Å². The molecule has 11 heteroatoms. The van der Waals surface area contributed by atoms with E-state index in [0.717, 1.165) is 6.07 Å². The van der Waals surface area contributed by atoms with Crippen molar-refractivity contribution in [1.82, 2.24) is 5.43 Å². The van der Waals surface area contributed by atoms with Gasteiger partial charge in [0.25, 0.3) is 0 Å². The van der Waals surface area contributed by atoms with Crippen molar-refractivity contribution in [2.75, 3.05) is 7.11 Å². The summed E-state index contributed by atoms with van der Waals surface area (Å²) in [5.41, 5.74) is 0.195. The Morgan fingerprint density at radius 1 is 1.14 bits per heavy atom. The first-order valence-corrected chi connectivity index (χ1v) is 5.42. The van der Waals surface area contributed by atoms with Gasteiger partial charge in [-0.1, -0.05) is 6.07 Å². The molecular weight excluding hydrogens is 325 g/mol. The van der Waals surface area contributed by atoms with Gasteiger partial charge in [-0.05, 0) is 12.1 Å². The fourth-order valence-electron chi connectivity index (χ4n) is 1.24. The van der Waals surface area contributed by atoms with Crippen LogP contribution in [-0.2, 0) is 0 Å². The second-order valence-corrected chi connectivity index (χ2v) is 3.91. The van der Waals surface area contributed by atoms with E-state index in [-0.39, 0.29) is 11.3 Å². The van der Waals surface area contributed by atoms with Crippen molar-refractivity contribution in [1.29, 1.82) is 0 Å². The second kappa shape index (κ2) is 5.89. The number of para-hydroxylation sites is 1. The summed E-state index contributed by atoms with van der Waals surface area (Å²) in [6, 6.07) is -1.92. The molecule has 22 heavy (non-hydrogen) atoms. The molecule has 0 spiro atoms. The average molecular weight is 334 g/mol. The minimum Gasteiger partial charge on any atom is -0.504 e. The standard InChI is InChI=1S/C11H9F7N2O2/c1-22-7-4-2-3-6(8(7)21)5-19-20-11(17,18)9(12,13)10(14,15)16/h2-5,20-21H,1H3/b19-5-. The first-order chi connectivity index (χ1) is 9.94. The summed E-state index contributed by atoms with van der Waals surface area (Å²) < 4.78 is 91.1. The molecule has 1 aromatic rings. The quantitative estimate of drug-likeness (QED) is 0.377. The number of phenolic OH excluding ortho intramolecular Hbond substituents is 1. The molecule has 1 aromatic carbocycles. The molecule has 0 atom stereocenters. The summed E-state index contributed by atoms with van der Waals surface area (Å²) in [6.07, 6.45) is -6.02. The van der Waals surface area contributed by atoms with Gasteiger partial charge in [0.15, 0.2) is 11.5 Å². The van der Waals surface area contributed by atoms with Crippen molar-refractivity contribution in [2.24, 2.45) is 5.10 Å². The first-order valence-electron chi connectivity index (χ1n) is 5.42. The van der Waals surface area contributed by atoms with Gasteiger partial charge in [-0.25, -0.2) is 5.43 Å². The highest BCUT2D eigenvalue weighted by Gasteiger charge is 2.73. The van der Waals surface area contributed by atoms with Gasteiger partial charge in [0.2, 0.25) is 0 Å². The zero-order valence-corrected chi connectivity index (χ0v) is 10.8. The van der Waals surface area contributed by atoms with Gasteiger partial charge in [0.05, 0.1) is 13.3 Å². The molecule has 0 saturated heterocycles. The number of halogens is 7. The Labute approximate surface area is 119 Å². The lowest BCUT2D eigenvalue weighted by Crippen LogP contribution is -2.58. The molecule has 124 valence electrons. The van der Waals surface area contributed by atoms with Gasteiger partial charge >= 0.3 is 18.1 Å². The lowest BCUT2D eigenvalue weighted by atomic mass is 10.2. The molecule has 0 radical (unpaired) electrons. The highest BCUT2D eigenvalue weighted by atomic mass is 19.4. The number of methoxy groups -OCH3 is 1. The van der Waals surface area contributed by atoms with Crippen molar-refractivity contribution < 1.29 is 40.6 Å². The van der Waals surface area contributed by atoms with Gasteiger partial charge < -0.3 is 9.84 Å². The average Bonchev–Trinajstić information content (AvgIpc) is 2.39. The van der Waals surface area contributed by atoms with Crippen LogP contribution in [-0.4, -0.2) is 36.6 Å². The van der Waals surface area contributed by atoms with Crippen LogP contribution in [0.15, 0.2) is 23.3 Å². The van der Waals surface area contributed by atoms with E-state index in [2.05, 4.69) is 9.84 Å². The highest BCUT2D eigenvalue weighted by Crippen LogP contribution is 2.45. The number of ether oxygens (including phenoxy) is 1. The van der Waals surface area contributed by atoms with Crippen LogP contribution in [0.1, 0.15) is 5.56 Å². The molecular formula is C11H9F7N2O2. The monoisotopic (exact) mass is 334 g/mol. The minimum absolute atomic E-state index is 0.0728. The SMILES string of the molecule is COc1cccc(/C=N\NC(F)(F)C(F)(F)C(F)(F)F)c1O.